The first-order valence-electron chi connectivity index (χ1n) is 2.57. The number of aromatic nitrogens is 1. The highest BCUT2D eigenvalue weighted by atomic mass is 79.9. The molecule has 1 aromatic heterocycles. The molecule has 1 aromatic rings. The Morgan fingerprint density at radius 3 is 3.00 bits per heavy atom. The first-order chi connectivity index (χ1) is 4.68. The van der Waals surface area contributed by atoms with Crippen LogP contribution >= 0.6 is 27.3 Å². The number of hydrogen-bond acceptors (Lipinski definition) is 3. The molecule has 0 saturated heterocycles. The molecular weight excluding hydrogens is 216 g/mol. The summed E-state index contributed by atoms with van der Waals surface area (Å²) in [5, 5.41) is 5.00. The lowest BCUT2D eigenvalue weighted by molar-refractivity contribution is -0.114. The quantitative estimate of drug-likeness (QED) is 0.786. The standard InChI is InChI=1S/C5H5BrN2OS/c1-3(9)7-5-8-4(6)2-10-5/h2H,1H3,(H,7,8,9). The number of nitrogens with one attached hydrogen (secondary N) is 1. The van der Waals surface area contributed by atoms with E-state index in [-0.39, 0.29) is 5.91 Å². The number of hydrogen-bond donors (Lipinski definition) is 1. The van der Waals surface area contributed by atoms with Gasteiger partial charge in [0, 0.05) is 12.3 Å². The third-order valence-corrected chi connectivity index (χ3v) is 2.23. The summed E-state index contributed by atoms with van der Waals surface area (Å²) in [6.07, 6.45) is 0. The maximum atomic E-state index is 10.5. The molecule has 1 amide bonds. The molecule has 0 aliphatic rings. The fourth-order valence-corrected chi connectivity index (χ4v) is 1.65. The molecule has 0 spiro atoms. The summed E-state index contributed by atoms with van der Waals surface area (Å²) in [5.74, 6) is -0.0955. The highest BCUT2D eigenvalue weighted by Crippen LogP contribution is 2.18. The van der Waals surface area contributed by atoms with Gasteiger partial charge in [-0.1, -0.05) is 0 Å². The van der Waals surface area contributed by atoms with Gasteiger partial charge in [-0.25, -0.2) is 4.98 Å². The lowest BCUT2D eigenvalue weighted by atomic mass is 10.7. The van der Waals surface area contributed by atoms with Crippen LogP contribution in [-0.2, 0) is 4.79 Å². The molecular formula is C5H5BrN2OS. The van der Waals surface area contributed by atoms with E-state index in [4.69, 9.17) is 0 Å². The zero-order valence-corrected chi connectivity index (χ0v) is 7.62. The molecule has 0 aromatic carbocycles. The van der Waals surface area contributed by atoms with Crippen molar-refractivity contribution in [2.75, 3.05) is 5.32 Å². The van der Waals surface area contributed by atoms with Crippen molar-refractivity contribution in [3.63, 3.8) is 0 Å². The van der Waals surface area contributed by atoms with E-state index in [1.165, 1.54) is 18.3 Å². The first kappa shape index (κ1) is 7.68. The lowest BCUT2D eigenvalue weighted by Crippen LogP contribution is -2.04. The van der Waals surface area contributed by atoms with Gasteiger partial charge in [-0.3, -0.25) is 4.79 Å². The fraction of sp³-hybridized carbons (Fsp3) is 0.200. The molecule has 1 N–H and O–H groups in total. The van der Waals surface area contributed by atoms with Crippen molar-refractivity contribution >= 4 is 38.3 Å². The van der Waals surface area contributed by atoms with Crippen LogP contribution in [0.5, 0.6) is 0 Å². The van der Waals surface area contributed by atoms with Gasteiger partial charge in [0.25, 0.3) is 0 Å². The summed E-state index contributed by atoms with van der Waals surface area (Å²) in [6, 6.07) is 0. The second-order valence-electron chi connectivity index (χ2n) is 1.66. The van der Waals surface area contributed by atoms with E-state index in [1.807, 2.05) is 5.38 Å². The van der Waals surface area contributed by atoms with Gasteiger partial charge in [-0.2, -0.15) is 0 Å². The Labute approximate surface area is 70.6 Å². The summed E-state index contributed by atoms with van der Waals surface area (Å²) in [5.41, 5.74) is 0. The third kappa shape index (κ3) is 2.07. The molecule has 0 atom stereocenters. The molecule has 1 rings (SSSR count). The number of carbonyl (C=O) groups is 1. The normalized spacial score (nSPS) is 9.40. The Bertz CT molecular complexity index is 248. The topological polar surface area (TPSA) is 42.0 Å². The Balaban J connectivity index is 2.67. The van der Waals surface area contributed by atoms with Gasteiger partial charge in [0.05, 0.1) is 0 Å². The predicted molar refractivity (Wildman–Crippen MR) is 44.1 cm³/mol. The van der Waals surface area contributed by atoms with Crippen LogP contribution in [0.3, 0.4) is 0 Å². The van der Waals surface area contributed by atoms with Crippen molar-refractivity contribution < 1.29 is 4.79 Å². The van der Waals surface area contributed by atoms with Crippen LogP contribution in [-0.4, -0.2) is 10.9 Å². The Kier molecular flexibility index (Phi) is 2.39. The van der Waals surface area contributed by atoms with E-state index in [0.29, 0.717) is 5.13 Å². The minimum Gasteiger partial charge on any atom is -0.302 e. The van der Waals surface area contributed by atoms with Crippen LogP contribution in [0.15, 0.2) is 9.98 Å². The average Bonchev–Trinajstić information content (AvgIpc) is 2.13. The van der Waals surface area contributed by atoms with Crippen LogP contribution in [0, 0.1) is 0 Å². The summed E-state index contributed by atoms with van der Waals surface area (Å²) in [6.45, 7) is 1.45. The summed E-state index contributed by atoms with van der Waals surface area (Å²) in [7, 11) is 0. The molecule has 0 radical (unpaired) electrons. The van der Waals surface area contributed by atoms with Crippen molar-refractivity contribution in [2.45, 2.75) is 6.92 Å². The minimum absolute atomic E-state index is 0.0955. The molecule has 3 nitrogen and oxygen atoms in total. The molecule has 5 heteroatoms. The Morgan fingerprint density at radius 1 is 1.90 bits per heavy atom. The second-order valence-corrected chi connectivity index (χ2v) is 3.33. The van der Waals surface area contributed by atoms with Gasteiger partial charge < -0.3 is 5.32 Å². The van der Waals surface area contributed by atoms with E-state index in [1.54, 1.807) is 0 Å². The van der Waals surface area contributed by atoms with Crippen LogP contribution in [0.4, 0.5) is 5.13 Å². The van der Waals surface area contributed by atoms with E-state index in [2.05, 4.69) is 26.2 Å². The predicted octanol–water partition coefficient (Wildman–Crippen LogP) is 1.86. The van der Waals surface area contributed by atoms with Crippen molar-refractivity contribution in [3.8, 4) is 0 Å². The minimum atomic E-state index is -0.0955. The van der Waals surface area contributed by atoms with Crippen LogP contribution in [0.2, 0.25) is 0 Å². The molecule has 0 aliphatic heterocycles. The van der Waals surface area contributed by atoms with Gasteiger partial charge in [-0.05, 0) is 15.9 Å². The van der Waals surface area contributed by atoms with Crippen molar-refractivity contribution in [3.05, 3.63) is 9.98 Å². The van der Waals surface area contributed by atoms with Crippen molar-refractivity contribution in [1.82, 2.24) is 4.98 Å². The van der Waals surface area contributed by atoms with E-state index in [9.17, 15) is 4.79 Å². The molecule has 10 heavy (non-hydrogen) atoms. The highest BCUT2D eigenvalue weighted by molar-refractivity contribution is 9.10. The molecule has 54 valence electrons. The third-order valence-electron chi connectivity index (χ3n) is 0.759. The van der Waals surface area contributed by atoms with Gasteiger partial charge >= 0.3 is 0 Å². The van der Waals surface area contributed by atoms with Crippen molar-refractivity contribution in [2.24, 2.45) is 0 Å². The smallest absolute Gasteiger partial charge is 0.223 e. The number of anilines is 1. The van der Waals surface area contributed by atoms with Gasteiger partial charge in [0.2, 0.25) is 5.91 Å². The zero-order chi connectivity index (χ0) is 7.56. The molecule has 0 fully saturated rings. The lowest BCUT2D eigenvalue weighted by Gasteiger charge is -1.91. The number of carbonyl (C=O) groups excluding carboxylic acids is 1. The van der Waals surface area contributed by atoms with Gasteiger partial charge in [0.1, 0.15) is 4.60 Å². The maximum Gasteiger partial charge on any atom is 0.223 e. The number of amides is 1. The van der Waals surface area contributed by atoms with Crippen LogP contribution < -0.4 is 5.32 Å². The molecule has 0 bridgehead atoms. The van der Waals surface area contributed by atoms with Crippen molar-refractivity contribution in [1.29, 1.82) is 0 Å². The highest BCUT2D eigenvalue weighted by Gasteiger charge is 1.98. The molecule has 0 aliphatic carbocycles. The summed E-state index contributed by atoms with van der Waals surface area (Å²) < 4.78 is 0.751. The Morgan fingerprint density at radius 2 is 2.60 bits per heavy atom. The first-order valence-corrected chi connectivity index (χ1v) is 4.24. The largest absolute Gasteiger partial charge is 0.302 e. The van der Waals surface area contributed by atoms with Crippen LogP contribution in [0.1, 0.15) is 6.92 Å². The maximum absolute atomic E-state index is 10.5. The fourth-order valence-electron chi connectivity index (χ4n) is 0.462. The molecule has 0 saturated carbocycles. The van der Waals surface area contributed by atoms with E-state index >= 15 is 0 Å². The number of thiazole rings is 1. The second kappa shape index (κ2) is 3.12. The Hall–Kier alpha value is -0.420. The number of halogens is 1. The summed E-state index contributed by atoms with van der Waals surface area (Å²) in [4.78, 5) is 14.4. The number of nitrogens with zero attached hydrogens (tertiary/aromatic N) is 1. The number of rotatable bonds is 1. The molecule has 0 unspecified atom stereocenters. The van der Waals surface area contributed by atoms with Gasteiger partial charge in [0.15, 0.2) is 5.13 Å². The summed E-state index contributed by atoms with van der Waals surface area (Å²) >= 11 is 4.56. The SMILES string of the molecule is CC(=O)Nc1nc(Br)cs1. The molecule has 1 heterocycles. The van der Waals surface area contributed by atoms with E-state index in [0.717, 1.165) is 4.60 Å². The van der Waals surface area contributed by atoms with Gasteiger partial charge in [-0.15, -0.1) is 11.3 Å². The van der Waals surface area contributed by atoms with E-state index < -0.39 is 0 Å². The zero-order valence-electron chi connectivity index (χ0n) is 5.22. The van der Waals surface area contributed by atoms with Crippen LogP contribution in [0.25, 0.3) is 0 Å². The monoisotopic (exact) mass is 220 g/mol. The average molecular weight is 221 g/mol.